The van der Waals surface area contributed by atoms with Crippen molar-refractivity contribution in [2.75, 3.05) is 33.3 Å². The summed E-state index contributed by atoms with van der Waals surface area (Å²) in [5.74, 6) is -0.249. The first-order valence-corrected chi connectivity index (χ1v) is 8.14. The molecule has 1 aromatic carbocycles. The minimum Gasteiger partial charge on any atom is -0.378 e. The van der Waals surface area contributed by atoms with Crippen LogP contribution in [-0.4, -0.2) is 50.3 Å². The number of piperidine rings is 1. The highest BCUT2D eigenvalue weighted by Crippen LogP contribution is 2.14. The molecule has 1 N–H and O–H groups in total. The Morgan fingerprint density at radius 2 is 1.91 bits per heavy atom. The highest BCUT2D eigenvalue weighted by atomic mass is 19.1. The van der Waals surface area contributed by atoms with E-state index >= 15 is 0 Å². The fraction of sp³-hybridized carbons (Fsp3) is 0.588. The van der Waals surface area contributed by atoms with Crippen LogP contribution in [0.3, 0.4) is 0 Å². The van der Waals surface area contributed by atoms with Gasteiger partial charge in [-0.05, 0) is 43.9 Å². The van der Waals surface area contributed by atoms with E-state index in [0.717, 1.165) is 44.6 Å². The Labute approximate surface area is 136 Å². The number of ether oxygens (including phenoxy) is 1. The van der Waals surface area contributed by atoms with E-state index in [1.54, 1.807) is 7.05 Å². The summed E-state index contributed by atoms with van der Waals surface area (Å²) in [5.41, 5.74) is 0.639. The van der Waals surface area contributed by atoms with E-state index in [4.69, 9.17) is 4.74 Å². The highest BCUT2D eigenvalue weighted by molar-refractivity contribution is 5.79. The van der Waals surface area contributed by atoms with Gasteiger partial charge < -0.3 is 15.0 Å². The Morgan fingerprint density at radius 3 is 2.48 bits per heavy atom. The number of hydrogen-bond acceptors (Lipinski definition) is 2. The molecular weight excluding hydrogens is 300 g/mol. The van der Waals surface area contributed by atoms with Gasteiger partial charge >= 0.3 is 0 Å². The molecule has 1 aromatic rings. The van der Waals surface area contributed by atoms with E-state index in [9.17, 15) is 8.78 Å². The molecule has 0 bridgehead atoms. The molecule has 1 fully saturated rings. The van der Waals surface area contributed by atoms with Gasteiger partial charge in [0.2, 0.25) is 0 Å². The Balaban J connectivity index is 1.79. The van der Waals surface area contributed by atoms with Crippen LogP contribution in [0.2, 0.25) is 0 Å². The largest absolute Gasteiger partial charge is 0.378 e. The van der Waals surface area contributed by atoms with E-state index < -0.39 is 11.6 Å². The number of benzene rings is 1. The van der Waals surface area contributed by atoms with Crippen LogP contribution in [0.15, 0.2) is 23.2 Å². The fourth-order valence-corrected chi connectivity index (χ4v) is 2.88. The maximum atomic E-state index is 13.2. The molecule has 1 heterocycles. The lowest BCUT2D eigenvalue weighted by Crippen LogP contribution is -2.47. The van der Waals surface area contributed by atoms with Crippen LogP contribution >= 0.6 is 0 Å². The summed E-state index contributed by atoms with van der Waals surface area (Å²) in [6, 6.07) is 3.61. The van der Waals surface area contributed by atoms with Crippen molar-refractivity contribution in [2.24, 2.45) is 4.99 Å². The van der Waals surface area contributed by atoms with E-state index in [2.05, 4.69) is 15.2 Å². The van der Waals surface area contributed by atoms with Gasteiger partial charge in [0.1, 0.15) is 11.6 Å². The molecule has 0 spiro atoms. The van der Waals surface area contributed by atoms with Gasteiger partial charge in [0.05, 0.1) is 6.10 Å². The van der Waals surface area contributed by atoms with Crippen molar-refractivity contribution < 1.29 is 13.5 Å². The molecule has 6 heteroatoms. The third-order valence-electron chi connectivity index (χ3n) is 3.97. The van der Waals surface area contributed by atoms with Gasteiger partial charge in [0, 0.05) is 39.4 Å². The standard InChI is InChI=1S/C17H25F2N3O/c1-3-23-16-5-8-22(9-6-16)17(20-2)21-7-4-13-10-14(18)12-15(19)11-13/h10-12,16H,3-9H2,1-2H3,(H,20,21). The molecule has 0 amide bonds. The molecule has 0 atom stereocenters. The minimum atomic E-state index is -0.539. The number of nitrogens with one attached hydrogen (secondary N) is 1. The zero-order chi connectivity index (χ0) is 16.7. The Bertz CT molecular complexity index is 508. The average molecular weight is 325 g/mol. The van der Waals surface area contributed by atoms with Crippen molar-refractivity contribution in [3.63, 3.8) is 0 Å². The molecule has 1 aliphatic heterocycles. The summed E-state index contributed by atoms with van der Waals surface area (Å²) in [7, 11) is 1.75. The third kappa shape index (κ3) is 5.46. The summed E-state index contributed by atoms with van der Waals surface area (Å²) in [6.07, 6.45) is 2.86. The maximum absolute atomic E-state index is 13.2. The van der Waals surface area contributed by atoms with Gasteiger partial charge in [-0.15, -0.1) is 0 Å². The van der Waals surface area contributed by atoms with Crippen LogP contribution in [0.5, 0.6) is 0 Å². The molecule has 1 aliphatic rings. The quantitative estimate of drug-likeness (QED) is 0.668. The van der Waals surface area contributed by atoms with Crippen molar-refractivity contribution in [1.29, 1.82) is 0 Å². The Morgan fingerprint density at radius 1 is 1.26 bits per heavy atom. The molecule has 0 saturated carbocycles. The van der Waals surface area contributed by atoms with Gasteiger partial charge in [0.25, 0.3) is 0 Å². The van der Waals surface area contributed by atoms with Crippen molar-refractivity contribution >= 4 is 5.96 Å². The second-order valence-corrected chi connectivity index (χ2v) is 5.64. The lowest BCUT2D eigenvalue weighted by atomic mass is 10.1. The van der Waals surface area contributed by atoms with Crippen LogP contribution in [0.25, 0.3) is 0 Å². The molecule has 0 radical (unpaired) electrons. The molecule has 4 nitrogen and oxygen atoms in total. The van der Waals surface area contributed by atoms with E-state index in [0.29, 0.717) is 24.6 Å². The maximum Gasteiger partial charge on any atom is 0.193 e. The van der Waals surface area contributed by atoms with E-state index in [1.165, 1.54) is 12.1 Å². The zero-order valence-corrected chi connectivity index (χ0v) is 13.8. The predicted octanol–water partition coefficient (Wildman–Crippen LogP) is 2.58. The number of guanidine groups is 1. The first kappa shape index (κ1) is 17.7. The van der Waals surface area contributed by atoms with Crippen LogP contribution < -0.4 is 5.32 Å². The van der Waals surface area contributed by atoms with Gasteiger partial charge in [-0.3, -0.25) is 4.99 Å². The summed E-state index contributed by atoms with van der Waals surface area (Å²) < 4.78 is 32.0. The van der Waals surface area contributed by atoms with E-state index in [-0.39, 0.29) is 0 Å². The number of halogens is 2. The van der Waals surface area contributed by atoms with Crippen molar-refractivity contribution in [3.05, 3.63) is 35.4 Å². The zero-order valence-electron chi connectivity index (χ0n) is 13.8. The predicted molar refractivity (Wildman–Crippen MR) is 87.6 cm³/mol. The van der Waals surface area contributed by atoms with Crippen LogP contribution in [-0.2, 0) is 11.2 Å². The second kappa shape index (κ2) is 8.82. The number of rotatable bonds is 5. The fourth-order valence-electron chi connectivity index (χ4n) is 2.88. The summed E-state index contributed by atoms with van der Waals surface area (Å²) in [6.45, 7) is 5.16. The summed E-state index contributed by atoms with van der Waals surface area (Å²) in [5, 5.41) is 3.26. The normalized spacial score (nSPS) is 16.7. The molecule has 0 aromatic heterocycles. The molecule has 23 heavy (non-hydrogen) atoms. The third-order valence-corrected chi connectivity index (χ3v) is 3.97. The molecular formula is C17H25F2N3O. The van der Waals surface area contributed by atoms with Crippen molar-refractivity contribution in [2.45, 2.75) is 32.3 Å². The van der Waals surface area contributed by atoms with Crippen LogP contribution in [0, 0.1) is 11.6 Å². The lowest BCUT2D eigenvalue weighted by molar-refractivity contribution is 0.0264. The topological polar surface area (TPSA) is 36.9 Å². The smallest absolute Gasteiger partial charge is 0.193 e. The Hall–Kier alpha value is -1.69. The first-order chi connectivity index (χ1) is 11.1. The number of aliphatic imine (C=N–C) groups is 1. The summed E-state index contributed by atoms with van der Waals surface area (Å²) in [4.78, 5) is 6.49. The molecule has 2 rings (SSSR count). The van der Waals surface area contributed by atoms with Crippen molar-refractivity contribution in [3.8, 4) is 0 Å². The number of hydrogen-bond donors (Lipinski definition) is 1. The summed E-state index contributed by atoms with van der Waals surface area (Å²) >= 11 is 0. The van der Waals surface area contributed by atoms with E-state index in [1.807, 2.05) is 6.92 Å². The van der Waals surface area contributed by atoms with Crippen LogP contribution in [0.1, 0.15) is 25.3 Å². The SMILES string of the molecule is CCOC1CCN(C(=NC)NCCc2cc(F)cc(F)c2)CC1. The lowest BCUT2D eigenvalue weighted by Gasteiger charge is -2.34. The van der Waals surface area contributed by atoms with Gasteiger partial charge in [-0.1, -0.05) is 0 Å². The number of likely N-dealkylation sites (tertiary alicyclic amines) is 1. The first-order valence-electron chi connectivity index (χ1n) is 8.14. The second-order valence-electron chi connectivity index (χ2n) is 5.64. The Kier molecular flexibility index (Phi) is 6.77. The number of nitrogens with zero attached hydrogens (tertiary/aromatic N) is 2. The molecule has 1 saturated heterocycles. The molecule has 128 valence electrons. The van der Waals surface area contributed by atoms with Crippen LogP contribution in [0.4, 0.5) is 8.78 Å². The van der Waals surface area contributed by atoms with Crippen molar-refractivity contribution in [1.82, 2.24) is 10.2 Å². The monoisotopic (exact) mass is 325 g/mol. The van der Waals surface area contributed by atoms with Gasteiger partial charge in [-0.2, -0.15) is 0 Å². The molecule has 0 aliphatic carbocycles. The highest BCUT2D eigenvalue weighted by Gasteiger charge is 2.21. The minimum absolute atomic E-state index is 0.338. The average Bonchev–Trinajstić information content (AvgIpc) is 2.52. The van der Waals surface area contributed by atoms with Gasteiger partial charge in [-0.25, -0.2) is 8.78 Å². The molecule has 0 unspecified atom stereocenters. The van der Waals surface area contributed by atoms with Gasteiger partial charge in [0.15, 0.2) is 5.96 Å².